The molecule has 0 unspecified atom stereocenters. The van der Waals surface area contributed by atoms with Crippen LogP contribution >= 0.6 is 0 Å². The van der Waals surface area contributed by atoms with E-state index in [-0.39, 0.29) is 23.5 Å². The summed E-state index contributed by atoms with van der Waals surface area (Å²) in [5, 5.41) is 13.4. The van der Waals surface area contributed by atoms with Crippen LogP contribution in [0.1, 0.15) is 22.8 Å². The van der Waals surface area contributed by atoms with E-state index in [0.29, 0.717) is 11.3 Å². The fraction of sp³-hybridized carbons (Fsp3) is 0.167. The number of amides is 1. The fourth-order valence-corrected chi connectivity index (χ4v) is 2.20. The molecule has 0 aliphatic rings. The Balaban J connectivity index is 1.89. The first-order valence-corrected chi connectivity index (χ1v) is 7.65. The molecule has 0 aliphatic carbocycles. The van der Waals surface area contributed by atoms with Gasteiger partial charge in [0.25, 0.3) is 11.6 Å². The number of hydrogen-bond donors (Lipinski definition) is 1. The average Bonchev–Trinajstić information content (AvgIpc) is 2.60. The van der Waals surface area contributed by atoms with Crippen LogP contribution < -0.4 is 5.32 Å². The van der Waals surface area contributed by atoms with E-state index in [4.69, 9.17) is 4.74 Å². The van der Waals surface area contributed by atoms with Crippen LogP contribution in [0.3, 0.4) is 0 Å². The number of anilines is 1. The highest BCUT2D eigenvalue weighted by Gasteiger charge is 2.17. The number of nitrogens with one attached hydrogen (secondary N) is 1. The van der Waals surface area contributed by atoms with Crippen LogP contribution in [0.5, 0.6) is 0 Å². The Labute approximate surface area is 148 Å². The number of rotatable bonds is 7. The smallest absolute Gasteiger partial charge is 0.311 e. The average molecular weight is 356 g/mol. The Bertz CT molecular complexity index is 862. The van der Waals surface area contributed by atoms with Crippen molar-refractivity contribution in [2.75, 3.05) is 11.9 Å². The maximum Gasteiger partial charge on any atom is 0.311 e. The van der Waals surface area contributed by atoms with Crippen LogP contribution in [0, 0.1) is 10.1 Å². The molecule has 0 atom stereocenters. The van der Waals surface area contributed by atoms with Crippen molar-refractivity contribution in [1.82, 2.24) is 0 Å². The molecule has 8 nitrogen and oxygen atoms in total. The number of esters is 1. The number of carbonyl (C=O) groups is 3. The van der Waals surface area contributed by atoms with Crippen molar-refractivity contribution in [3.8, 4) is 0 Å². The molecule has 1 amide bonds. The normalized spacial score (nSPS) is 10.0. The SMILES string of the molecule is CC(=O)c1cccc(NC(=O)COC(=O)Cc2ccccc2[N+](=O)[O-])c1. The maximum absolute atomic E-state index is 11.8. The van der Waals surface area contributed by atoms with Crippen molar-refractivity contribution >= 4 is 29.0 Å². The number of Topliss-reactive ketones (excluding diaryl/α,β-unsaturated/α-hetero) is 1. The molecule has 0 fully saturated rings. The van der Waals surface area contributed by atoms with E-state index in [1.54, 1.807) is 24.3 Å². The number of benzene rings is 2. The van der Waals surface area contributed by atoms with E-state index in [1.165, 1.54) is 31.2 Å². The zero-order valence-corrected chi connectivity index (χ0v) is 13.9. The molecule has 0 bridgehead atoms. The molecule has 0 heterocycles. The van der Waals surface area contributed by atoms with Gasteiger partial charge in [0.2, 0.25) is 0 Å². The van der Waals surface area contributed by atoms with Crippen LogP contribution in [0.25, 0.3) is 0 Å². The van der Waals surface area contributed by atoms with Crippen LogP contribution in [0.15, 0.2) is 48.5 Å². The Kier molecular flexibility index (Phi) is 6.15. The first-order valence-electron chi connectivity index (χ1n) is 7.65. The van der Waals surface area contributed by atoms with Crippen molar-refractivity contribution in [1.29, 1.82) is 0 Å². The lowest BCUT2D eigenvalue weighted by molar-refractivity contribution is -0.385. The minimum Gasteiger partial charge on any atom is -0.455 e. The lowest BCUT2D eigenvalue weighted by Gasteiger charge is -2.08. The molecule has 8 heteroatoms. The summed E-state index contributed by atoms with van der Waals surface area (Å²) in [7, 11) is 0. The molecule has 0 radical (unpaired) electrons. The number of nitro groups is 1. The zero-order chi connectivity index (χ0) is 19.1. The summed E-state index contributed by atoms with van der Waals surface area (Å²) >= 11 is 0. The summed E-state index contributed by atoms with van der Waals surface area (Å²) < 4.78 is 4.85. The van der Waals surface area contributed by atoms with Crippen LogP contribution in [0.4, 0.5) is 11.4 Å². The quantitative estimate of drug-likeness (QED) is 0.353. The largest absolute Gasteiger partial charge is 0.455 e. The van der Waals surface area contributed by atoms with Crippen molar-refractivity contribution in [3.05, 3.63) is 69.8 Å². The fourth-order valence-electron chi connectivity index (χ4n) is 2.20. The van der Waals surface area contributed by atoms with E-state index in [1.807, 2.05) is 0 Å². The molecule has 1 N–H and O–H groups in total. The molecule has 0 aromatic heterocycles. The third-order valence-electron chi connectivity index (χ3n) is 3.44. The van der Waals surface area contributed by atoms with Gasteiger partial charge >= 0.3 is 5.97 Å². The van der Waals surface area contributed by atoms with Gasteiger partial charge in [-0.25, -0.2) is 0 Å². The van der Waals surface area contributed by atoms with Gasteiger partial charge in [0, 0.05) is 22.9 Å². The molecule has 2 aromatic carbocycles. The van der Waals surface area contributed by atoms with Crippen molar-refractivity contribution < 1.29 is 24.0 Å². The third kappa shape index (κ3) is 5.23. The first-order chi connectivity index (χ1) is 12.4. The minimum atomic E-state index is -0.757. The number of ether oxygens (including phenoxy) is 1. The monoisotopic (exact) mass is 356 g/mol. The van der Waals surface area contributed by atoms with E-state index < -0.39 is 23.4 Å². The molecule has 26 heavy (non-hydrogen) atoms. The van der Waals surface area contributed by atoms with Gasteiger partial charge in [0.1, 0.15) is 0 Å². The highest BCUT2D eigenvalue weighted by molar-refractivity contribution is 5.97. The maximum atomic E-state index is 11.8. The molecule has 2 aromatic rings. The van der Waals surface area contributed by atoms with Gasteiger partial charge < -0.3 is 10.1 Å². The molecule has 0 aliphatic heterocycles. The van der Waals surface area contributed by atoms with E-state index >= 15 is 0 Å². The van der Waals surface area contributed by atoms with Crippen LogP contribution in [-0.4, -0.2) is 29.2 Å². The number of nitro benzene ring substituents is 1. The van der Waals surface area contributed by atoms with Crippen molar-refractivity contribution in [3.63, 3.8) is 0 Å². The Hall–Kier alpha value is -3.55. The molecule has 2 rings (SSSR count). The van der Waals surface area contributed by atoms with E-state index in [9.17, 15) is 24.5 Å². The van der Waals surface area contributed by atoms with Gasteiger partial charge in [-0.3, -0.25) is 24.5 Å². The lowest BCUT2D eigenvalue weighted by atomic mass is 10.1. The topological polar surface area (TPSA) is 116 Å². The lowest BCUT2D eigenvalue weighted by Crippen LogP contribution is -2.22. The molecular formula is C18H16N2O6. The summed E-state index contributed by atoms with van der Waals surface area (Å²) in [5.74, 6) is -1.48. The summed E-state index contributed by atoms with van der Waals surface area (Å²) in [6, 6.07) is 12.1. The third-order valence-corrected chi connectivity index (χ3v) is 3.44. The predicted molar refractivity (Wildman–Crippen MR) is 92.8 cm³/mol. The Morgan fingerprint density at radius 3 is 2.54 bits per heavy atom. The van der Waals surface area contributed by atoms with E-state index in [2.05, 4.69) is 5.32 Å². The number of hydrogen-bond acceptors (Lipinski definition) is 6. The van der Waals surface area contributed by atoms with Gasteiger partial charge in [0.05, 0.1) is 11.3 Å². The number of nitrogens with zero attached hydrogens (tertiary/aromatic N) is 1. The van der Waals surface area contributed by atoms with Crippen LogP contribution in [-0.2, 0) is 20.7 Å². The van der Waals surface area contributed by atoms with Crippen LogP contribution in [0.2, 0.25) is 0 Å². The Morgan fingerprint density at radius 1 is 1.12 bits per heavy atom. The van der Waals surface area contributed by atoms with Gasteiger partial charge in [-0.1, -0.05) is 30.3 Å². The summed E-state index contributed by atoms with van der Waals surface area (Å²) in [4.78, 5) is 45.3. The molecule has 0 saturated heterocycles. The second kappa shape index (κ2) is 8.52. The highest BCUT2D eigenvalue weighted by atomic mass is 16.6. The molecule has 134 valence electrons. The van der Waals surface area contributed by atoms with Gasteiger partial charge in [-0.05, 0) is 19.1 Å². The number of para-hydroxylation sites is 1. The Morgan fingerprint density at radius 2 is 1.85 bits per heavy atom. The van der Waals surface area contributed by atoms with Gasteiger partial charge in [0.15, 0.2) is 12.4 Å². The molecular weight excluding hydrogens is 340 g/mol. The second-order valence-electron chi connectivity index (χ2n) is 5.41. The van der Waals surface area contributed by atoms with Gasteiger partial charge in [-0.2, -0.15) is 0 Å². The van der Waals surface area contributed by atoms with Crippen molar-refractivity contribution in [2.24, 2.45) is 0 Å². The number of carbonyl (C=O) groups excluding carboxylic acids is 3. The molecule has 0 spiro atoms. The van der Waals surface area contributed by atoms with Crippen molar-refractivity contribution in [2.45, 2.75) is 13.3 Å². The summed E-state index contributed by atoms with van der Waals surface area (Å²) in [6.07, 6.45) is -0.315. The second-order valence-corrected chi connectivity index (χ2v) is 5.41. The summed E-state index contributed by atoms with van der Waals surface area (Å²) in [6.45, 7) is 0.870. The predicted octanol–water partition coefficient (Wildman–Crippen LogP) is 2.52. The van der Waals surface area contributed by atoms with Gasteiger partial charge in [-0.15, -0.1) is 0 Å². The van der Waals surface area contributed by atoms with E-state index in [0.717, 1.165) is 0 Å². The molecule has 0 saturated carbocycles. The standard InChI is InChI=1S/C18H16N2O6/c1-12(21)13-6-4-7-15(9-13)19-17(22)11-26-18(23)10-14-5-2-3-8-16(14)20(24)25/h2-9H,10-11H2,1H3,(H,19,22). The highest BCUT2D eigenvalue weighted by Crippen LogP contribution is 2.18. The first kappa shape index (κ1) is 18.8. The zero-order valence-electron chi connectivity index (χ0n) is 13.9. The number of ketones is 1. The summed E-state index contributed by atoms with van der Waals surface area (Å²) in [5.41, 5.74) is 0.862. The minimum absolute atomic E-state index is 0.142.